The fourth-order valence-corrected chi connectivity index (χ4v) is 2.02. The Kier molecular flexibility index (Phi) is 2.48. The van der Waals surface area contributed by atoms with Crippen LogP contribution in [0.5, 0.6) is 0 Å². The highest BCUT2D eigenvalue weighted by Crippen LogP contribution is 2.27. The van der Waals surface area contributed by atoms with Crippen LogP contribution in [-0.4, -0.2) is 11.0 Å². The van der Waals surface area contributed by atoms with Gasteiger partial charge in [-0.1, -0.05) is 6.92 Å². The molecule has 1 fully saturated rings. The van der Waals surface area contributed by atoms with E-state index in [1.165, 1.54) is 24.9 Å². The summed E-state index contributed by atoms with van der Waals surface area (Å²) in [6, 6.07) is 4.74. The molecule has 1 aromatic heterocycles. The molecule has 0 spiro atoms. The zero-order valence-corrected chi connectivity index (χ0v) is 8.03. The van der Waals surface area contributed by atoms with Crippen molar-refractivity contribution in [3.63, 3.8) is 0 Å². The lowest BCUT2D eigenvalue weighted by Gasteiger charge is -2.13. The van der Waals surface area contributed by atoms with Crippen molar-refractivity contribution in [1.82, 2.24) is 4.98 Å². The van der Waals surface area contributed by atoms with Crippen LogP contribution in [0.1, 0.15) is 26.2 Å². The van der Waals surface area contributed by atoms with E-state index in [1.54, 1.807) is 0 Å². The molecule has 1 N–H and O–H groups in total. The Morgan fingerprint density at radius 2 is 2.08 bits per heavy atom. The summed E-state index contributed by atoms with van der Waals surface area (Å²) in [5.41, 5.74) is 1.20. The lowest BCUT2D eigenvalue weighted by molar-refractivity contribution is 0.602. The largest absolute Gasteiger partial charge is 0.382 e. The van der Waals surface area contributed by atoms with Crippen LogP contribution < -0.4 is 5.32 Å². The molecule has 1 heterocycles. The molecule has 0 aromatic carbocycles. The number of pyridine rings is 1. The minimum absolute atomic E-state index is 0.678. The maximum atomic E-state index is 3.99. The zero-order valence-electron chi connectivity index (χ0n) is 8.03. The quantitative estimate of drug-likeness (QED) is 0.749. The van der Waals surface area contributed by atoms with Crippen LogP contribution in [0, 0.1) is 5.92 Å². The van der Waals surface area contributed by atoms with E-state index in [2.05, 4.69) is 17.2 Å². The number of rotatable bonds is 2. The monoisotopic (exact) mass is 176 g/mol. The number of aromatic nitrogens is 1. The molecule has 1 aromatic rings. The van der Waals surface area contributed by atoms with Crippen molar-refractivity contribution in [3.05, 3.63) is 24.5 Å². The van der Waals surface area contributed by atoms with E-state index >= 15 is 0 Å². The minimum Gasteiger partial charge on any atom is -0.382 e. The summed E-state index contributed by atoms with van der Waals surface area (Å²) in [4.78, 5) is 3.99. The Hall–Kier alpha value is -1.05. The fraction of sp³-hybridized carbons (Fsp3) is 0.545. The third kappa shape index (κ3) is 2.20. The average molecular weight is 176 g/mol. The molecule has 1 saturated carbocycles. The van der Waals surface area contributed by atoms with Crippen LogP contribution in [0.2, 0.25) is 0 Å². The molecule has 2 heteroatoms. The second-order valence-electron chi connectivity index (χ2n) is 4.00. The third-order valence-corrected chi connectivity index (χ3v) is 2.75. The highest BCUT2D eigenvalue weighted by atomic mass is 14.9. The summed E-state index contributed by atoms with van der Waals surface area (Å²) < 4.78 is 0. The van der Waals surface area contributed by atoms with E-state index in [1.807, 2.05) is 24.5 Å². The van der Waals surface area contributed by atoms with Gasteiger partial charge in [0.15, 0.2) is 0 Å². The van der Waals surface area contributed by atoms with Crippen molar-refractivity contribution in [2.24, 2.45) is 5.92 Å². The zero-order chi connectivity index (χ0) is 9.10. The predicted molar refractivity (Wildman–Crippen MR) is 54.7 cm³/mol. The van der Waals surface area contributed by atoms with Gasteiger partial charge in [0.05, 0.1) is 0 Å². The van der Waals surface area contributed by atoms with Crippen LogP contribution in [0.15, 0.2) is 24.5 Å². The van der Waals surface area contributed by atoms with Crippen molar-refractivity contribution in [1.29, 1.82) is 0 Å². The molecule has 13 heavy (non-hydrogen) atoms. The lowest BCUT2D eigenvalue weighted by Crippen LogP contribution is -2.14. The average Bonchev–Trinajstić information content (AvgIpc) is 2.53. The first kappa shape index (κ1) is 8.54. The molecule has 1 aliphatic carbocycles. The Morgan fingerprint density at radius 3 is 2.69 bits per heavy atom. The van der Waals surface area contributed by atoms with Crippen molar-refractivity contribution in [2.75, 3.05) is 5.32 Å². The summed E-state index contributed by atoms with van der Waals surface area (Å²) in [5, 5.41) is 3.53. The summed E-state index contributed by atoms with van der Waals surface area (Å²) in [6.07, 6.45) is 7.65. The van der Waals surface area contributed by atoms with Gasteiger partial charge < -0.3 is 5.32 Å². The van der Waals surface area contributed by atoms with E-state index in [4.69, 9.17) is 0 Å². The van der Waals surface area contributed by atoms with Crippen molar-refractivity contribution in [3.8, 4) is 0 Å². The van der Waals surface area contributed by atoms with Gasteiger partial charge in [-0.05, 0) is 37.3 Å². The topological polar surface area (TPSA) is 24.9 Å². The van der Waals surface area contributed by atoms with E-state index in [0.29, 0.717) is 6.04 Å². The van der Waals surface area contributed by atoms with Gasteiger partial charge >= 0.3 is 0 Å². The molecule has 2 rings (SSSR count). The van der Waals surface area contributed by atoms with Crippen LogP contribution in [0.25, 0.3) is 0 Å². The first-order valence-electron chi connectivity index (χ1n) is 5.01. The summed E-state index contributed by atoms with van der Waals surface area (Å²) in [7, 11) is 0. The van der Waals surface area contributed by atoms with Crippen LogP contribution in [0.3, 0.4) is 0 Å². The number of anilines is 1. The fourth-order valence-electron chi connectivity index (χ4n) is 2.02. The SMILES string of the molecule is CC1CCC(Nc2ccncc2)C1. The summed E-state index contributed by atoms with van der Waals surface area (Å²) >= 11 is 0. The Morgan fingerprint density at radius 1 is 1.31 bits per heavy atom. The lowest BCUT2D eigenvalue weighted by atomic mass is 10.1. The Balaban J connectivity index is 1.92. The summed E-state index contributed by atoms with van der Waals surface area (Å²) in [6.45, 7) is 2.33. The molecule has 2 nitrogen and oxygen atoms in total. The van der Waals surface area contributed by atoms with Gasteiger partial charge in [0.2, 0.25) is 0 Å². The van der Waals surface area contributed by atoms with Gasteiger partial charge in [0, 0.05) is 24.1 Å². The maximum Gasteiger partial charge on any atom is 0.0373 e. The number of hydrogen-bond donors (Lipinski definition) is 1. The van der Waals surface area contributed by atoms with Gasteiger partial charge in [0.1, 0.15) is 0 Å². The van der Waals surface area contributed by atoms with Gasteiger partial charge in [-0.2, -0.15) is 0 Å². The van der Waals surface area contributed by atoms with Crippen molar-refractivity contribution in [2.45, 2.75) is 32.2 Å². The molecule has 2 unspecified atom stereocenters. The van der Waals surface area contributed by atoms with E-state index in [-0.39, 0.29) is 0 Å². The number of nitrogens with one attached hydrogen (secondary N) is 1. The standard InChI is InChI=1S/C11H16N2/c1-9-2-3-11(8-9)13-10-4-6-12-7-5-10/h4-7,9,11H,2-3,8H2,1H3,(H,12,13). The molecule has 0 saturated heterocycles. The second-order valence-corrected chi connectivity index (χ2v) is 4.00. The molecule has 2 atom stereocenters. The van der Waals surface area contributed by atoms with Gasteiger partial charge in [-0.25, -0.2) is 0 Å². The number of nitrogens with zero attached hydrogens (tertiary/aromatic N) is 1. The van der Waals surface area contributed by atoms with Crippen LogP contribution in [0.4, 0.5) is 5.69 Å². The maximum absolute atomic E-state index is 3.99. The van der Waals surface area contributed by atoms with E-state index in [0.717, 1.165) is 5.92 Å². The van der Waals surface area contributed by atoms with E-state index in [9.17, 15) is 0 Å². The normalized spacial score (nSPS) is 27.5. The second kappa shape index (κ2) is 3.77. The first-order valence-corrected chi connectivity index (χ1v) is 5.01. The highest BCUT2D eigenvalue weighted by Gasteiger charge is 2.20. The smallest absolute Gasteiger partial charge is 0.0373 e. The third-order valence-electron chi connectivity index (χ3n) is 2.75. The molecular weight excluding hydrogens is 160 g/mol. The molecule has 0 aliphatic heterocycles. The first-order chi connectivity index (χ1) is 6.34. The summed E-state index contributed by atoms with van der Waals surface area (Å²) in [5.74, 6) is 0.888. The van der Waals surface area contributed by atoms with Gasteiger partial charge in [-0.3, -0.25) is 4.98 Å². The molecule has 1 aliphatic rings. The molecule has 0 bridgehead atoms. The molecular formula is C11H16N2. The van der Waals surface area contributed by atoms with Crippen LogP contribution in [-0.2, 0) is 0 Å². The number of hydrogen-bond acceptors (Lipinski definition) is 2. The highest BCUT2D eigenvalue weighted by molar-refractivity contribution is 5.41. The van der Waals surface area contributed by atoms with Gasteiger partial charge in [0.25, 0.3) is 0 Å². The van der Waals surface area contributed by atoms with Crippen molar-refractivity contribution >= 4 is 5.69 Å². The molecule has 0 amide bonds. The van der Waals surface area contributed by atoms with Crippen molar-refractivity contribution < 1.29 is 0 Å². The van der Waals surface area contributed by atoms with Crippen LogP contribution >= 0.6 is 0 Å². The Labute approximate surface area is 79.4 Å². The molecule has 70 valence electrons. The van der Waals surface area contributed by atoms with Gasteiger partial charge in [-0.15, -0.1) is 0 Å². The minimum atomic E-state index is 0.678. The predicted octanol–water partition coefficient (Wildman–Crippen LogP) is 2.68. The van der Waals surface area contributed by atoms with E-state index < -0.39 is 0 Å². The Bertz CT molecular complexity index is 258. The molecule has 0 radical (unpaired) electrons.